The average molecular weight is 417 g/mol. The minimum atomic E-state index is -1.53. The first-order valence-electron chi connectivity index (χ1n) is 9.17. The molecule has 162 valence electrons. The molecule has 0 bridgehead atoms. The number of halogens is 3. The van der Waals surface area contributed by atoms with Crippen molar-refractivity contribution in [2.75, 3.05) is 6.61 Å². The number of carbonyl (C=O) groups excluding carboxylic acids is 3. The Labute approximate surface area is 167 Å². The third-order valence-corrected chi connectivity index (χ3v) is 3.81. The number of carbonyl (C=O) groups is 3. The molecule has 0 aromatic heterocycles. The number of nitrogens with one attached hydrogen (secondary N) is 1. The molecule has 0 saturated heterocycles. The van der Waals surface area contributed by atoms with E-state index < -0.39 is 64.8 Å². The maximum atomic E-state index is 14.2. The summed E-state index contributed by atoms with van der Waals surface area (Å²) in [6.45, 7) is 7.65. The van der Waals surface area contributed by atoms with Gasteiger partial charge in [0.1, 0.15) is 23.2 Å². The Morgan fingerprint density at radius 3 is 2.21 bits per heavy atom. The van der Waals surface area contributed by atoms with Crippen molar-refractivity contribution in [2.45, 2.75) is 65.0 Å². The van der Waals surface area contributed by atoms with E-state index in [4.69, 9.17) is 9.47 Å². The molecule has 1 aromatic carbocycles. The lowest BCUT2D eigenvalue weighted by Gasteiger charge is -2.25. The number of hydrogen-bond acceptors (Lipinski definition) is 5. The van der Waals surface area contributed by atoms with Gasteiger partial charge >= 0.3 is 12.1 Å². The van der Waals surface area contributed by atoms with E-state index in [-0.39, 0.29) is 6.61 Å². The van der Waals surface area contributed by atoms with Gasteiger partial charge in [0.25, 0.3) is 0 Å². The summed E-state index contributed by atoms with van der Waals surface area (Å²) < 4.78 is 52.1. The molecule has 0 spiro atoms. The highest BCUT2D eigenvalue weighted by atomic mass is 19.2. The first kappa shape index (κ1) is 24.5. The SMILES string of the molecule is CCCOC(=O)C(CC(C(C)=O)c1c(F)ccc(F)c1F)NC(=O)OC(C)(C)C. The summed E-state index contributed by atoms with van der Waals surface area (Å²) in [5, 5.41) is 2.26. The van der Waals surface area contributed by atoms with E-state index in [0.29, 0.717) is 18.6 Å². The number of ketones is 1. The second-order valence-corrected chi connectivity index (χ2v) is 7.52. The molecule has 9 heteroatoms. The van der Waals surface area contributed by atoms with Gasteiger partial charge in [0.05, 0.1) is 12.5 Å². The van der Waals surface area contributed by atoms with Crippen LogP contribution in [-0.4, -0.2) is 36.1 Å². The van der Waals surface area contributed by atoms with E-state index in [1.807, 2.05) is 0 Å². The van der Waals surface area contributed by atoms with Crippen LogP contribution in [-0.2, 0) is 19.1 Å². The van der Waals surface area contributed by atoms with Crippen molar-refractivity contribution in [3.63, 3.8) is 0 Å². The molecule has 29 heavy (non-hydrogen) atoms. The molecular weight excluding hydrogens is 391 g/mol. The highest BCUT2D eigenvalue weighted by molar-refractivity contribution is 5.86. The average Bonchev–Trinajstić information content (AvgIpc) is 2.59. The van der Waals surface area contributed by atoms with E-state index in [0.717, 1.165) is 6.92 Å². The van der Waals surface area contributed by atoms with Crippen LogP contribution in [0.2, 0.25) is 0 Å². The highest BCUT2D eigenvalue weighted by Crippen LogP contribution is 2.29. The van der Waals surface area contributed by atoms with Crippen LogP contribution in [0.4, 0.5) is 18.0 Å². The van der Waals surface area contributed by atoms with Gasteiger partial charge in [-0.15, -0.1) is 0 Å². The van der Waals surface area contributed by atoms with Crippen molar-refractivity contribution in [1.29, 1.82) is 0 Å². The Hall–Kier alpha value is -2.58. The van der Waals surface area contributed by atoms with E-state index in [1.54, 1.807) is 27.7 Å². The van der Waals surface area contributed by atoms with Crippen LogP contribution < -0.4 is 5.32 Å². The summed E-state index contributed by atoms with van der Waals surface area (Å²) in [4.78, 5) is 36.5. The summed E-state index contributed by atoms with van der Waals surface area (Å²) in [5.41, 5.74) is -1.68. The van der Waals surface area contributed by atoms with Gasteiger partial charge in [-0.3, -0.25) is 4.79 Å². The number of hydrogen-bond donors (Lipinski definition) is 1. The molecule has 1 N–H and O–H groups in total. The first-order valence-corrected chi connectivity index (χ1v) is 9.17. The second kappa shape index (κ2) is 10.3. The summed E-state index contributed by atoms with van der Waals surface area (Å²) in [7, 11) is 0. The number of ether oxygens (including phenoxy) is 2. The molecular formula is C20H26F3NO5. The van der Waals surface area contributed by atoms with Gasteiger partial charge in [0.2, 0.25) is 0 Å². The fourth-order valence-electron chi connectivity index (χ4n) is 2.55. The molecule has 1 amide bonds. The lowest BCUT2D eigenvalue weighted by Crippen LogP contribution is -2.45. The topological polar surface area (TPSA) is 81.7 Å². The third-order valence-electron chi connectivity index (χ3n) is 3.81. The van der Waals surface area contributed by atoms with Crippen LogP contribution in [0.25, 0.3) is 0 Å². The summed E-state index contributed by atoms with van der Waals surface area (Å²) in [5.74, 6) is -7.14. The molecule has 0 aliphatic carbocycles. The molecule has 0 heterocycles. The Kier molecular flexibility index (Phi) is 8.66. The monoisotopic (exact) mass is 417 g/mol. The molecule has 1 rings (SSSR count). The second-order valence-electron chi connectivity index (χ2n) is 7.52. The normalized spacial score (nSPS) is 13.4. The largest absolute Gasteiger partial charge is 0.464 e. The molecule has 1 aromatic rings. The van der Waals surface area contributed by atoms with Crippen LogP contribution in [0.5, 0.6) is 0 Å². The molecule has 0 aliphatic heterocycles. The molecule has 2 atom stereocenters. The number of benzene rings is 1. The van der Waals surface area contributed by atoms with E-state index in [2.05, 4.69) is 5.32 Å². The maximum Gasteiger partial charge on any atom is 0.408 e. The van der Waals surface area contributed by atoms with Gasteiger partial charge in [-0.2, -0.15) is 0 Å². The minimum Gasteiger partial charge on any atom is -0.464 e. The van der Waals surface area contributed by atoms with Crippen molar-refractivity contribution < 1.29 is 37.0 Å². The minimum absolute atomic E-state index is 0.0404. The number of esters is 1. The molecule has 6 nitrogen and oxygen atoms in total. The van der Waals surface area contributed by atoms with Gasteiger partial charge in [0, 0.05) is 5.56 Å². The molecule has 0 fully saturated rings. The Morgan fingerprint density at radius 1 is 1.10 bits per heavy atom. The van der Waals surface area contributed by atoms with E-state index >= 15 is 0 Å². The van der Waals surface area contributed by atoms with Crippen molar-refractivity contribution >= 4 is 17.8 Å². The number of Topliss-reactive ketones (excluding diaryl/α,β-unsaturated/α-hetero) is 1. The molecule has 0 aliphatic rings. The third kappa shape index (κ3) is 7.40. The zero-order valence-electron chi connectivity index (χ0n) is 17.1. The van der Waals surface area contributed by atoms with Gasteiger partial charge < -0.3 is 14.8 Å². The van der Waals surface area contributed by atoms with Crippen molar-refractivity contribution in [3.8, 4) is 0 Å². The van der Waals surface area contributed by atoms with Crippen molar-refractivity contribution in [2.24, 2.45) is 0 Å². The fourth-order valence-corrected chi connectivity index (χ4v) is 2.55. The zero-order chi connectivity index (χ0) is 22.4. The van der Waals surface area contributed by atoms with Crippen molar-refractivity contribution in [3.05, 3.63) is 35.1 Å². The van der Waals surface area contributed by atoms with Crippen LogP contribution in [0.1, 0.15) is 58.9 Å². The van der Waals surface area contributed by atoms with Gasteiger partial charge in [-0.1, -0.05) is 6.92 Å². The van der Waals surface area contributed by atoms with Gasteiger partial charge in [-0.05, 0) is 52.7 Å². The number of rotatable bonds is 8. The van der Waals surface area contributed by atoms with Crippen LogP contribution in [0, 0.1) is 17.5 Å². The smallest absolute Gasteiger partial charge is 0.408 e. The first-order chi connectivity index (χ1) is 13.4. The van der Waals surface area contributed by atoms with Crippen LogP contribution in [0.15, 0.2) is 12.1 Å². The standard InChI is InChI=1S/C20H26F3NO5/c1-6-9-28-18(26)15(24-19(27)29-20(3,4)5)10-12(11(2)25)16-13(21)7-8-14(22)17(16)23/h7-8,12,15H,6,9-10H2,1-5H3,(H,24,27). The van der Waals surface area contributed by atoms with Crippen LogP contribution >= 0.6 is 0 Å². The fraction of sp³-hybridized carbons (Fsp3) is 0.550. The predicted molar refractivity (Wildman–Crippen MR) is 98.8 cm³/mol. The molecule has 2 unspecified atom stereocenters. The Bertz CT molecular complexity index is 761. The van der Waals surface area contributed by atoms with Gasteiger partial charge in [0.15, 0.2) is 11.6 Å². The number of amides is 1. The van der Waals surface area contributed by atoms with E-state index in [1.165, 1.54) is 0 Å². The summed E-state index contributed by atoms with van der Waals surface area (Å²) in [6, 6.07) is -0.153. The maximum absolute atomic E-state index is 14.2. The van der Waals surface area contributed by atoms with Crippen molar-refractivity contribution in [1.82, 2.24) is 5.32 Å². The predicted octanol–water partition coefficient (Wildman–Crippen LogP) is 4.01. The highest BCUT2D eigenvalue weighted by Gasteiger charge is 2.34. The van der Waals surface area contributed by atoms with Crippen LogP contribution in [0.3, 0.4) is 0 Å². The molecule has 0 saturated carbocycles. The van der Waals surface area contributed by atoms with Gasteiger partial charge in [-0.25, -0.2) is 22.8 Å². The quantitative estimate of drug-likeness (QED) is 0.511. The zero-order valence-corrected chi connectivity index (χ0v) is 17.1. The number of alkyl carbamates (subject to hydrolysis) is 1. The summed E-state index contributed by atoms with van der Waals surface area (Å²) in [6.07, 6.45) is -1.01. The Morgan fingerprint density at radius 2 is 1.69 bits per heavy atom. The molecule has 0 radical (unpaired) electrons. The lowest BCUT2D eigenvalue weighted by atomic mass is 9.88. The lowest BCUT2D eigenvalue weighted by molar-refractivity contribution is -0.146. The summed E-state index contributed by atoms with van der Waals surface area (Å²) >= 11 is 0. The van der Waals surface area contributed by atoms with E-state index in [9.17, 15) is 27.6 Å². The Balaban J connectivity index is 3.22.